The van der Waals surface area contributed by atoms with Crippen LogP contribution in [0.25, 0.3) is 10.9 Å². The van der Waals surface area contributed by atoms with Gasteiger partial charge in [0.25, 0.3) is 0 Å². The Hall–Kier alpha value is -1.49. The SMILES string of the molecule is NCCCN1CCN(Cc2cccc3cccnc23)CC1. The molecule has 0 unspecified atom stereocenters. The van der Waals surface area contributed by atoms with Gasteiger partial charge in [0.1, 0.15) is 0 Å². The zero-order valence-corrected chi connectivity index (χ0v) is 12.5. The Kier molecular flexibility index (Phi) is 4.80. The number of aromatic nitrogens is 1. The standard InChI is InChI=1S/C17H24N4/c18-7-3-9-20-10-12-21(13-11-20)14-16-5-1-4-15-6-2-8-19-17(15)16/h1-2,4-6,8H,3,7,9-14,18H2. The van der Waals surface area contributed by atoms with Gasteiger partial charge in [0.2, 0.25) is 0 Å². The zero-order valence-electron chi connectivity index (χ0n) is 12.5. The first-order chi connectivity index (χ1) is 10.4. The number of nitrogens with zero attached hydrogens (tertiary/aromatic N) is 3. The molecule has 1 saturated heterocycles. The highest BCUT2D eigenvalue weighted by atomic mass is 15.3. The first-order valence-corrected chi connectivity index (χ1v) is 7.84. The maximum Gasteiger partial charge on any atom is 0.0746 e. The second-order valence-electron chi connectivity index (χ2n) is 5.75. The van der Waals surface area contributed by atoms with E-state index < -0.39 is 0 Å². The number of benzene rings is 1. The Morgan fingerprint density at radius 3 is 2.57 bits per heavy atom. The maximum atomic E-state index is 5.58. The number of para-hydroxylation sites is 1. The van der Waals surface area contributed by atoms with Crippen molar-refractivity contribution in [2.45, 2.75) is 13.0 Å². The lowest BCUT2D eigenvalue weighted by molar-refractivity contribution is 0.127. The fourth-order valence-corrected chi connectivity index (χ4v) is 3.02. The van der Waals surface area contributed by atoms with Gasteiger partial charge in [0, 0.05) is 44.3 Å². The van der Waals surface area contributed by atoms with Crippen LogP contribution in [-0.4, -0.2) is 54.1 Å². The van der Waals surface area contributed by atoms with Gasteiger partial charge in [-0.15, -0.1) is 0 Å². The van der Waals surface area contributed by atoms with Crippen LogP contribution in [0.2, 0.25) is 0 Å². The molecule has 4 heteroatoms. The van der Waals surface area contributed by atoms with Crippen LogP contribution in [0.15, 0.2) is 36.5 Å². The lowest BCUT2D eigenvalue weighted by Crippen LogP contribution is -2.46. The molecular weight excluding hydrogens is 260 g/mol. The molecule has 1 aromatic heterocycles. The summed E-state index contributed by atoms with van der Waals surface area (Å²) in [6.45, 7) is 7.50. The topological polar surface area (TPSA) is 45.4 Å². The van der Waals surface area contributed by atoms with Gasteiger partial charge >= 0.3 is 0 Å². The minimum atomic E-state index is 0.794. The largest absolute Gasteiger partial charge is 0.330 e. The monoisotopic (exact) mass is 284 g/mol. The average molecular weight is 284 g/mol. The van der Waals surface area contributed by atoms with Crippen LogP contribution in [0.4, 0.5) is 0 Å². The second kappa shape index (κ2) is 6.98. The van der Waals surface area contributed by atoms with E-state index in [1.807, 2.05) is 12.3 Å². The van der Waals surface area contributed by atoms with E-state index in [9.17, 15) is 0 Å². The van der Waals surface area contributed by atoms with Crippen molar-refractivity contribution < 1.29 is 0 Å². The molecule has 1 aliphatic rings. The molecule has 2 N–H and O–H groups in total. The normalized spacial score (nSPS) is 17.4. The first-order valence-electron chi connectivity index (χ1n) is 7.84. The van der Waals surface area contributed by atoms with E-state index in [2.05, 4.69) is 39.0 Å². The molecule has 0 saturated carbocycles. The van der Waals surface area contributed by atoms with E-state index >= 15 is 0 Å². The van der Waals surface area contributed by atoms with Crippen molar-refractivity contribution in [2.24, 2.45) is 5.73 Å². The molecule has 3 rings (SSSR count). The smallest absolute Gasteiger partial charge is 0.0746 e. The fraction of sp³-hybridized carbons (Fsp3) is 0.471. The highest BCUT2D eigenvalue weighted by Gasteiger charge is 2.17. The van der Waals surface area contributed by atoms with Crippen LogP contribution in [0.1, 0.15) is 12.0 Å². The predicted molar refractivity (Wildman–Crippen MR) is 87.1 cm³/mol. The van der Waals surface area contributed by atoms with Crippen molar-refractivity contribution in [1.29, 1.82) is 0 Å². The molecular formula is C17H24N4. The number of pyridine rings is 1. The Balaban J connectivity index is 1.62. The molecule has 1 fully saturated rings. The molecule has 0 bridgehead atoms. The van der Waals surface area contributed by atoms with Crippen LogP contribution in [0.3, 0.4) is 0 Å². The van der Waals surface area contributed by atoms with Gasteiger partial charge < -0.3 is 10.6 Å². The minimum absolute atomic E-state index is 0.794. The number of rotatable bonds is 5. The summed E-state index contributed by atoms with van der Waals surface area (Å²) in [5.74, 6) is 0. The molecule has 1 aromatic carbocycles. The summed E-state index contributed by atoms with van der Waals surface area (Å²) >= 11 is 0. The Bertz CT molecular complexity index is 571. The summed E-state index contributed by atoms with van der Waals surface area (Å²) in [4.78, 5) is 9.60. The van der Waals surface area contributed by atoms with Gasteiger partial charge in [-0.2, -0.15) is 0 Å². The van der Waals surface area contributed by atoms with E-state index in [0.717, 1.165) is 57.8 Å². The Labute approximate surface area is 126 Å². The Morgan fingerprint density at radius 1 is 1.00 bits per heavy atom. The maximum absolute atomic E-state index is 5.58. The van der Waals surface area contributed by atoms with Crippen LogP contribution >= 0.6 is 0 Å². The van der Waals surface area contributed by atoms with E-state index in [1.54, 1.807) is 0 Å². The Morgan fingerprint density at radius 2 is 1.76 bits per heavy atom. The zero-order chi connectivity index (χ0) is 14.5. The van der Waals surface area contributed by atoms with Crippen molar-refractivity contribution in [2.75, 3.05) is 39.3 Å². The molecule has 0 atom stereocenters. The summed E-state index contributed by atoms with van der Waals surface area (Å²) in [5.41, 5.74) is 8.06. The first kappa shape index (κ1) is 14.4. The van der Waals surface area contributed by atoms with E-state index in [0.29, 0.717) is 0 Å². The molecule has 112 valence electrons. The number of piperazine rings is 1. The third kappa shape index (κ3) is 3.59. The summed E-state index contributed by atoms with van der Waals surface area (Å²) in [6, 6.07) is 10.6. The second-order valence-corrected chi connectivity index (χ2v) is 5.75. The van der Waals surface area contributed by atoms with Crippen LogP contribution < -0.4 is 5.73 Å². The number of nitrogens with two attached hydrogens (primary N) is 1. The van der Waals surface area contributed by atoms with Gasteiger partial charge in [0.15, 0.2) is 0 Å². The van der Waals surface area contributed by atoms with Crippen molar-refractivity contribution in [1.82, 2.24) is 14.8 Å². The van der Waals surface area contributed by atoms with Gasteiger partial charge in [0.05, 0.1) is 5.52 Å². The van der Waals surface area contributed by atoms with Crippen molar-refractivity contribution in [3.63, 3.8) is 0 Å². The third-order valence-corrected chi connectivity index (χ3v) is 4.25. The van der Waals surface area contributed by atoms with Crippen LogP contribution in [0, 0.1) is 0 Å². The third-order valence-electron chi connectivity index (χ3n) is 4.25. The summed E-state index contributed by atoms with van der Waals surface area (Å²) in [7, 11) is 0. The minimum Gasteiger partial charge on any atom is -0.330 e. The lowest BCUT2D eigenvalue weighted by atomic mass is 10.1. The molecule has 1 aliphatic heterocycles. The molecule has 2 heterocycles. The fourth-order valence-electron chi connectivity index (χ4n) is 3.02. The molecule has 0 aliphatic carbocycles. The summed E-state index contributed by atoms with van der Waals surface area (Å²) < 4.78 is 0. The lowest BCUT2D eigenvalue weighted by Gasteiger charge is -2.34. The number of hydrogen-bond donors (Lipinski definition) is 1. The number of hydrogen-bond acceptors (Lipinski definition) is 4. The van der Waals surface area contributed by atoms with Crippen molar-refractivity contribution in [3.8, 4) is 0 Å². The summed E-state index contributed by atoms with van der Waals surface area (Å²) in [5, 5.41) is 1.23. The highest BCUT2D eigenvalue weighted by Crippen LogP contribution is 2.18. The highest BCUT2D eigenvalue weighted by molar-refractivity contribution is 5.81. The molecule has 0 spiro atoms. The molecule has 2 aromatic rings. The van der Waals surface area contributed by atoms with E-state index in [1.165, 1.54) is 10.9 Å². The molecule has 4 nitrogen and oxygen atoms in total. The van der Waals surface area contributed by atoms with E-state index in [-0.39, 0.29) is 0 Å². The molecule has 21 heavy (non-hydrogen) atoms. The molecule has 0 radical (unpaired) electrons. The van der Waals surface area contributed by atoms with Crippen LogP contribution in [-0.2, 0) is 6.54 Å². The van der Waals surface area contributed by atoms with Gasteiger partial charge in [-0.1, -0.05) is 24.3 Å². The average Bonchev–Trinajstić information content (AvgIpc) is 2.55. The van der Waals surface area contributed by atoms with Crippen molar-refractivity contribution in [3.05, 3.63) is 42.1 Å². The quantitative estimate of drug-likeness (QED) is 0.908. The van der Waals surface area contributed by atoms with E-state index in [4.69, 9.17) is 5.73 Å². The van der Waals surface area contributed by atoms with Gasteiger partial charge in [-0.05, 0) is 31.1 Å². The number of fused-ring (bicyclic) bond motifs is 1. The van der Waals surface area contributed by atoms with Gasteiger partial charge in [-0.25, -0.2) is 0 Å². The molecule has 0 amide bonds. The summed E-state index contributed by atoms with van der Waals surface area (Å²) in [6.07, 6.45) is 2.99. The predicted octanol–water partition coefficient (Wildman–Crippen LogP) is 1.70. The van der Waals surface area contributed by atoms with Gasteiger partial charge in [-0.3, -0.25) is 9.88 Å². The van der Waals surface area contributed by atoms with Crippen LogP contribution in [0.5, 0.6) is 0 Å². The van der Waals surface area contributed by atoms with Crippen molar-refractivity contribution >= 4 is 10.9 Å².